The van der Waals surface area contributed by atoms with E-state index in [0.29, 0.717) is 5.56 Å². The fourth-order valence-electron chi connectivity index (χ4n) is 1.38. The van der Waals surface area contributed by atoms with Gasteiger partial charge in [0.25, 0.3) is 0 Å². The second kappa shape index (κ2) is 3.24. The summed E-state index contributed by atoms with van der Waals surface area (Å²) in [7, 11) is 0. The van der Waals surface area contributed by atoms with Crippen molar-refractivity contribution in [2.24, 2.45) is 0 Å². The van der Waals surface area contributed by atoms with Gasteiger partial charge in [0, 0.05) is 25.2 Å². The summed E-state index contributed by atoms with van der Waals surface area (Å²) in [5.74, 6) is 0.207. The van der Waals surface area contributed by atoms with Crippen molar-refractivity contribution < 1.29 is 13.2 Å². The monoisotopic (exact) mass is 202 g/mol. The molecule has 1 aliphatic heterocycles. The smallest absolute Gasteiger partial charge is 0.315 e. The lowest BCUT2D eigenvalue weighted by molar-refractivity contribution is -0.141. The topological polar surface area (TPSA) is 24.9 Å². The predicted octanol–water partition coefficient (Wildman–Crippen LogP) is 1.79. The summed E-state index contributed by atoms with van der Waals surface area (Å²) in [6.45, 7) is 1.50. The summed E-state index contributed by atoms with van der Waals surface area (Å²) in [4.78, 5) is 3.31. The Bertz CT molecular complexity index is 331. The summed E-state index contributed by atoms with van der Waals surface area (Å²) in [5.41, 5.74) is -0.0898. The number of pyridine rings is 1. The van der Waals surface area contributed by atoms with Gasteiger partial charge in [-0.15, -0.1) is 0 Å². The molecule has 2 nitrogen and oxygen atoms in total. The highest BCUT2D eigenvalue weighted by molar-refractivity contribution is 5.24. The van der Waals surface area contributed by atoms with E-state index in [1.807, 2.05) is 0 Å². The van der Waals surface area contributed by atoms with Crippen LogP contribution in [-0.2, 0) is 6.18 Å². The van der Waals surface area contributed by atoms with Gasteiger partial charge >= 0.3 is 6.18 Å². The first-order chi connectivity index (χ1) is 6.57. The van der Waals surface area contributed by atoms with Gasteiger partial charge in [-0.2, -0.15) is 13.2 Å². The molecule has 0 amide bonds. The Hall–Kier alpha value is -1.10. The molecule has 1 aromatic heterocycles. The van der Waals surface area contributed by atoms with Crippen LogP contribution in [0.4, 0.5) is 13.2 Å². The first-order valence-corrected chi connectivity index (χ1v) is 4.31. The van der Waals surface area contributed by atoms with Crippen LogP contribution in [-0.4, -0.2) is 18.1 Å². The van der Waals surface area contributed by atoms with Crippen molar-refractivity contribution in [2.75, 3.05) is 13.1 Å². The molecular formula is C9H9F3N2. The van der Waals surface area contributed by atoms with Crippen LogP contribution in [0.5, 0.6) is 0 Å². The van der Waals surface area contributed by atoms with E-state index in [0.717, 1.165) is 19.2 Å². The zero-order valence-electron chi connectivity index (χ0n) is 7.30. The number of hydrogen-bond donors (Lipinski definition) is 1. The third kappa shape index (κ3) is 1.72. The van der Waals surface area contributed by atoms with Gasteiger partial charge in [-0.3, -0.25) is 4.98 Å². The van der Waals surface area contributed by atoms with Crippen molar-refractivity contribution >= 4 is 0 Å². The van der Waals surface area contributed by atoms with Gasteiger partial charge in [0.2, 0.25) is 0 Å². The molecule has 1 fully saturated rings. The Labute approximate surface area is 79.2 Å². The zero-order valence-corrected chi connectivity index (χ0v) is 7.30. The second-order valence-corrected chi connectivity index (χ2v) is 3.33. The molecule has 2 heterocycles. The van der Waals surface area contributed by atoms with Crippen LogP contribution in [0.2, 0.25) is 0 Å². The van der Waals surface area contributed by atoms with Crippen molar-refractivity contribution in [3.05, 3.63) is 29.6 Å². The third-order valence-corrected chi connectivity index (χ3v) is 2.33. The fourth-order valence-corrected chi connectivity index (χ4v) is 1.38. The molecule has 5 heteroatoms. The lowest BCUT2D eigenvalue weighted by Crippen LogP contribution is -2.39. The fraction of sp³-hybridized carbons (Fsp3) is 0.444. The predicted molar refractivity (Wildman–Crippen MR) is 44.8 cm³/mol. The van der Waals surface area contributed by atoms with Gasteiger partial charge in [-0.05, 0) is 17.7 Å². The van der Waals surface area contributed by atoms with Crippen LogP contribution in [0, 0.1) is 0 Å². The van der Waals surface area contributed by atoms with E-state index < -0.39 is 11.9 Å². The van der Waals surface area contributed by atoms with Gasteiger partial charge in [-0.25, -0.2) is 0 Å². The van der Waals surface area contributed by atoms with Crippen LogP contribution in [0.25, 0.3) is 0 Å². The molecule has 1 saturated heterocycles. The molecule has 0 aliphatic carbocycles. The van der Waals surface area contributed by atoms with Crippen LogP contribution in [0.1, 0.15) is 17.2 Å². The molecule has 14 heavy (non-hydrogen) atoms. The lowest BCUT2D eigenvalue weighted by Gasteiger charge is -2.27. The molecule has 0 spiro atoms. The molecule has 0 saturated carbocycles. The summed E-state index contributed by atoms with van der Waals surface area (Å²) >= 11 is 0. The van der Waals surface area contributed by atoms with Crippen LogP contribution in [0.15, 0.2) is 18.3 Å². The minimum Gasteiger partial charge on any atom is -0.315 e. The molecule has 0 unspecified atom stereocenters. The molecule has 1 aromatic rings. The third-order valence-electron chi connectivity index (χ3n) is 2.33. The Balaban J connectivity index is 2.26. The molecule has 1 N–H and O–H groups in total. The number of aromatic nitrogens is 1. The average Bonchev–Trinajstić information content (AvgIpc) is 2.00. The van der Waals surface area contributed by atoms with E-state index in [-0.39, 0.29) is 5.92 Å². The standard InChI is InChI=1S/C9H9F3N2/c10-9(11,12)8-3-6(1-2-14-8)7-4-13-5-7/h1-3,7,13H,4-5H2. The molecule has 0 radical (unpaired) electrons. The van der Waals surface area contributed by atoms with E-state index >= 15 is 0 Å². The molecule has 0 atom stereocenters. The van der Waals surface area contributed by atoms with E-state index in [4.69, 9.17) is 0 Å². The van der Waals surface area contributed by atoms with Crippen LogP contribution >= 0.6 is 0 Å². The summed E-state index contributed by atoms with van der Waals surface area (Å²) in [6, 6.07) is 2.77. The Morgan fingerprint density at radius 3 is 2.57 bits per heavy atom. The normalized spacial score (nSPS) is 17.9. The number of nitrogens with zero attached hydrogens (tertiary/aromatic N) is 1. The highest BCUT2D eigenvalue weighted by Crippen LogP contribution is 2.29. The first-order valence-electron chi connectivity index (χ1n) is 4.31. The van der Waals surface area contributed by atoms with Crippen molar-refractivity contribution in [3.8, 4) is 0 Å². The zero-order chi connectivity index (χ0) is 10.2. The molecular weight excluding hydrogens is 193 g/mol. The van der Waals surface area contributed by atoms with Crippen molar-refractivity contribution in [1.29, 1.82) is 0 Å². The SMILES string of the molecule is FC(F)(F)c1cc(C2CNC2)ccn1. The Morgan fingerprint density at radius 2 is 2.07 bits per heavy atom. The summed E-state index contributed by atoms with van der Waals surface area (Å²) in [6.07, 6.45) is -3.12. The highest BCUT2D eigenvalue weighted by Gasteiger charge is 2.33. The Morgan fingerprint density at radius 1 is 1.36 bits per heavy atom. The summed E-state index contributed by atoms with van der Waals surface area (Å²) < 4.78 is 36.8. The van der Waals surface area contributed by atoms with E-state index in [1.165, 1.54) is 6.20 Å². The minimum absolute atomic E-state index is 0.207. The lowest BCUT2D eigenvalue weighted by atomic mass is 9.94. The largest absolute Gasteiger partial charge is 0.433 e. The molecule has 2 rings (SSSR count). The number of hydrogen-bond acceptors (Lipinski definition) is 2. The maximum Gasteiger partial charge on any atom is 0.433 e. The van der Waals surface area contributed by atoms with Gasteiger partial charge in [0.15, 0.2) is 0 Å². The maximum absolute atomic E-state index is 12.3. The number of alkyl halides is 3. The van der Waals surface area contributed by atoms with Gasteiger partial charge in [-0.1, -0.05) is 0 Å². The minimum atomic E-state index is -4.34. The molecule has 0 aromatic carbocycles. The average molecular weight is 202 g/mol. The van der Waals surface area contributed by atoms with Crippen molar-refractivity contribution in [3.63, 3.8) is 0 Å². The second-order valence-electron chi connectivity index (χ2n) is 3.33. The van der Waals surface area contributed by atoms with Crippen LogP contribution in [0.3, 0.4) is 0 Å². The van der Waals surface area contributed by atoms with E-state index in [1.54, 1.807) is 6.07 Å². The quantitative estimate of drug-likeness (QED) is 0.750. The van der Waals surface area contributed by atoms with E-state index in [9.17, 15) is 13.2 Å². The van der Waals surface area contributed by atoms with Crippen molar-refractivity contribution in [1.82, 2.24) is 10.3 Å². The van der Waals surface area contributed by atoms with E-state index in [2.05, 4.69) is 10.3 Å². The van der Waals surface area contributed by atoms with Crippen molar-refractivity contribution in [2.45, 2.75) is 12.1 Å². The molecule has 1 aliphatic rings. The molecule has 0 bridgehead atoms. The van der Waals surface area contributed by atoms with Gasteiger partial charge in [0.05, 0.1) is 0 Å². The summed E-state index contributed by atoms with van der Waals surface area (Å²) in [5, 5.41) is 3.02. The molecule has 76 valence electrons. The van der Waals surface area contributed by atoms with Gasteiger partial charge < -0.3 is 5.32 Å². The highest BCUT2D eigenvalue weighted by atomic mass is 19.4. The number of halogens is 3. The Kier molecular flexibility index (Phi) is 2.19. The number of rotatable bonds is 1. The first kappa shape index (κ1) is 9.45. The number of nitrogens with one attached hydrogen (secondary N) is 1. The maximum atomic E-state index is 12.3. The van der Waals surface area contributed by atoms with Gasteiger partial charge in [0.1, 0.15) is 5.69 Å². The van der Waals surface area contributed by atoms with Crippen LogP contribution < -0.4 is 5.32 Å².